The lowest BCUT2D eigenvalue weighted by Crippen LogP contribution is -2.28. The van der Waals surface area contributed by atoms with Gasteiger partial charge in [0.15, 0.2) is 0 Å². The van der Waals surface area contributed by atoms with Crippen LogP contribution < -0.4 is 9.46 Å². The van der Waals surface area contributed by atoms with Crippen LogP contribution in [0.4, 0.5) is 8.78 Å². The smallest absolute Gasteiger partial charge is 0.261 e. The second kappa shape index (κ2) is 7.87. The minimum absolute atomic E-state index is 0.0408. The Labute approximate surface area is 124 Å². The fraction of sp³-hybridized carbons (Fsp3) is 0.455. The van der Waals surface area contributed by atoms with Gasteiger partial charge in [-0.2, -0.15) is 0 Å². The number of benzene rings is 1. The molecule has 0 saturated carbocycles. The second-order valence-electron chi connectivity index (χ2n) is 3.66. The summed E-state index contributed by atoms with van der Waals surface area (Å²) in [6.07, 6.45) is -2.57. The third-order valence-electron chi connectivity index (χ3n) is 2.22. The van der Waals surface area contributed by atoms with Gasteiger partial charge in [0.05, 0.1) is 23.1 Å². The minimum atomic E-state index is -3.71. The molecule has 1 aromatic carbocycles. The molecule has 0 saturated heterocycles. The average molecular weight is 374 g/mol. The summed E-state index contributed by atoms with van der Waals surface area (Å²) in [5, 5.41) is 0. The average Bonchev–Trinajstić information content (AvgIpc) is 2.37. The third kappa shape index (κ3) is 5.31. The summed E-state index contributed by atoms with van der Waals surface area (Å²) in [6.45, 7) is -0.921. The van der Waals surface area contributed by atoms with Gasteiger partial charge in [0.1, 0.15) is 12.4 Å². The number of halogens is 3. The first-order chi connectivity index (χ1) is 9.36. The van der Waals surface area contributed by atoms with Crippen molar-refractivity contribution in [2.45, 2.75) is 11.3 Å². The molecule has 0 aliphatic heterocycles. The van der Waals surface area contributed by atoms with Crippen LogP contribution in [0.15, 0.2) is 27.6 Å². The Morgan fingerprint density at radius 2 is 2.10 bits per heavy atom. The maximum Gasteiger partial charge on any atom is 0.261 e. The van der Waals surface area contributed by atoms with Gasteiger partial charge in [0.2, 0.25) is 10.0 Å². The first-order valence-corrected chi connectivity index (χ1v) is 7.83. The number of hydrogen-bond donors (Lipinski definition) is 1. The highest BCUT2D eigenvalue weighted by atomic mass is 79.9. The Bertz CT molecular complexity index is 539. The van der Waals surface area contributed by atoms with Crippen LogP contribution in [-0.2, 0) is 14.8 Å². The Kier molecular flexibility index (Phi) is 6.80. The number of rotatable bonds is 8. The van der Waals surface area contributed by atoms with E-state index in [1.807, 2.05) is 0 Å². The largest absolute Gasteiger partial charge is 0.496 e. The monoisotopic (exact) mass is 373 g/mol. The molecule has 0 aliphatic carbocycles. The van der Waals surface area contributed by atoms with Gasteiger partial charge in [-0.3, -0.25) is 0 Å². The topological polar surface area (TPSA) is 64.6 Å². The summed E-state index contributed by atoms with van der Waals surface area (Å²) in [5.74, 6) is 0.504. The molecule has 1 aromatic rings. The lowest BCUT2D eigenvalue weighted by atomic mass is 10.3. The van der Waals surface area contributed by atoms with E-state index in [-0.39, 0.29) is 18.0 Å². The van der Waals surface area contributed by atoms with E-state index < -0.39 is 23.1 Å². The lowest BCUT2D eigenvalue weighted by Gasteiger charge is -2.09. The predicted molar refractivity (Wildman–Crippen MR) is 72.7 cm³/mol. The fourth-order valence-electron chi connectivity index (χ4n) is 1.32. The summed E-state index contributed by atoms with van der Waals surface area (Å²) < 4.78 is 59.7. The fourth-order valence-corrected chi connectivity index (χ4v) is 3.05. The summed E-state index contributed by atoms with van der Waals surface area (Å²) >= 11 is 3.18. The predicted octanol–water partition coefficient (Wildman–Crippen LogP) is 2.02. The number of sulfonamides is 1. The molecular weight excluding hydrogens is 360 g/mol. The number of hydrogen-bond acceptors (Lipinski definition) is 4. The Hall–Kier alpha value is -0.770. The molecule has 5 nitrogen and oxygen atoms in total. The van der Waals surface area contributed by atoms with E-state index in [9.17, 15) is 17.2 Å². The second-order valence-corrected chi connectivity index (χ2v) is 6.28. The van der Waals surface area contributed by atoms with E-state index in [2.05, 4.69) is 25.4 Å². The van der Waals surface area contributed by atoms with Crippen molar-refractivity contribution in [3.05, 3.63) is 22.7 Å². The van der Waals surface area contributed by atoms with Gasteiger partial charge in [-0.05, 0) is 34.1 Å². The van der Waals surface area contributed by atoms with E-state index in [1.54, 1.807) is 0 Å². The molecule has 0 fully saturated rings. The maximum absolute atomic E-state index is 11.9. The van der Waals surface area contributed by atoms with E-state index in [4.69, 9.17) is 4.74 Å². The summed E-state index contributed by atoms with van der Waals surface area (Å²) in [4.78, 5) is 0.0408. The van der Waals surface area contributed by atoms with Crippen molar-refractivity contribution in [2.75, 3.05) is 26.9 Å². The summed E-state index contributed by atoms with van der Waals surface area (Å²) in [6, 6.07) is 4.28. The molecule has 114 valence electrons. The van der Waals surface area contributed by atoms with Crippen LogP contribution in [0.25, 0.3) is 0 Å². The highest BCUT2D eigenvalue weighted by Crippen LogP contribution is 2.27. The van der Waals surface area contributed by atoms with Gasteiger partial charge >= 0.3 is 0 Å². The van der Waals surface area contributed by atoms with Crippen LogP contribution in [0, 0.1) is 0 Å². The van der Waals surface area contributed by atoms with Crippen molar-refractivity contribution >= 4 is 26.0 Å². The molecule has 1 N–H and O–H groups in total. The van der Waals surface area contributed by atoms with Crippen molar-refractivity contribution in [3.63, 3.8) is 0 Å². The van der Waals surface area contributed by atoms with Crippen molar-refractivity contribution in [1.82, 2.24) is 4.72 Å². The molecule has 0 amide bonds. The molecule has 9 heteroatoms. The van der Waals surface area contributed by atoms with Crippen molar-refractivity contribution in [3.8, 4) is 5.75 Å². The zero-order chi connectivity index (χ0) is 15.2. The maximum atomic E-state index is 11.9. The van der Waals surface area contributed by atoms with Crippen molar-refractivity contribution in [1.29, 1.82) is 0 Å². The Balaban J connectivity index is 2.58. The van der Waals surface area contributed by atoms with Gasteiger partial charge < -0.3 is 9.47 Å². The van der Waals surface area contributed by atoms with E-state index in [1.165, 1.54) is 25.3 Å². The van der Waals surface area contributed by atoms with Crippen LogP contribution in [0.2, 0.25) is 0 Å². The van der Waals surface area contributed by atoms with E-state index in [0.29, 0.717) is 10.2 Å². The van der Waals surface area contributed by atoms with Crippen LogP contribution in [0.1, 0.15) is 0 Å². The van der Waals surface area contributed by atoms with Gasteiger partial charge in [0, 0.05) is 6.54 Å². The van der Waals surface area contributed by atoms with Gasteiger partial charge in [-0.1, -0.05) is 0 Å². The first kappa shape index (κ1) is 17.3. The Morgan fingerprint density at radius 1 is 1.40 bits per heavy atom. The molecule has 0 radical (unpaired) electrons. The lowest BCUT2D eigenvalue weighted by molar-refractivity contribution is 0.0199. The molecule has 0 aliphatic rings. The highest BCUT2D eigenvalue weighted by molar-refractivity contribution is 9.10. The Morgan fingerprint density at radius 3 is 2.65 bits per heavy atom. The van der Waals surface area contributed by atoms with Crippen molar-refractivity contribution < 1.29 is 26.7 Å². The molecular formula is C11H14BrF2NO4S. The van der Waals surface area contributed by atoms with Crippen LogP contribution in [0.3, 0.4) is 0 Å². The normalized spacial score (nSPS) is 11.8. The zero-order valence-electron chi connectivity index (χ0n) is 10.6. The molecule has 1 rings (SSSR count). The van der Waals surface area contributed by atoms with E-state index in [0.717, 1.165) is 0 Å². The molecule has 0 aromatic heterocycles. The standard InChI is InChI=1S/C11H14BrF2NO4S/c1-18-10-3-2-8(6-9(10)12)20(16,17)15-4-5-19-7-11(13)14/h2-3,6,11,15H,4-5,7H2,1H3. The number of alkyl halides is 2. The first-order valence-electron chi connectivity index (χ1n) is 5.56. The van der Waals surface area contributed by atoms with Gasteiger partial charge in [-0.15, -0.1) is 0 Å². The molecule has 20 heavy (non-hydrogen) atoms. The minimum Gasteiger partial charge on any atom is -0.496 e. The van der Waals surface area contributed by atoms with Crippen LogP contribution in [-0.4, -0.2) is 41.7 Å². The number of nitrogens with one attached hydrogen (secondary N) is 1. The molecule has 0 atom stereocenters. The molecule has 0 heterocycles. The van der Waals surface area contributed by atoms with Gasteiger partial charge in [0.25, 0.3) is 6.43 Å². The van der Waals surface area contributed by atoms with Crippen molar-refractivity contribution in [2.24, 2.45) is 0 Å². The summed E-state index contributed by atoms with van der Waals surface area (Å²) in [7, 11) is -2.25. The molecule has 0 bridgehead atoms. The number of ether oxygens (including phenoxy) is 2. The van der Waals surface area contributed by atoms with E-state index >= 15 is 0 Å². The zero-order valence-corrected chi connectivity index (χ0v) is 13.0. The third-order valence-corrected chi connectivity index (χ3v) is 4.29. The van der Waals surface area contributed by atoms with Crippen LogP contribution >= 0.6 is 15.9 Å². The molecule has 0 spiro atoms. The molecule has 0 unspecified atom stereocenters. The van der Waals surface area contributed by atoms with Gasteiger partial charge in [-0.25, -0.2) is 21.9 Å². The number of methoxy groups -OCH3 is 1. The SMILES string of the molecule is COc1ccc(S(=O)(=O)NCCOCC(F)F)cc1Br. The quantitative estimate of drug-likeness (QED) is 0.708. The summed E-state index contributed by atoms with van der Waals surface area (Å²) in [5.41, 5.74) is 0. The van der Waals surface area contributed by atoms with Crippen LogP contribution in [0.5, 0.6) is 5.75 Å². The highest BCUT2D eigenvalue weighted by Gasteiger charge is 2.15.